The van der Waals surface area contributed by atoms with E-state index >= 15 is 0 Å². The number of benzene rings is 1. The Morgan fingerprint density at radius 2 is 2.00 bits per heavy atom. The van der Waals surface area contributed by atoms with Gasteiger partial charge in [-0.1, -0.05) is 12.1 Å². The molecule has 9 heteroatoms. The standard InChI is InChI=1S/C25H32N6O3/c1-15(2)31-14-20-22(24(31)33)27-25(30-9-7-29(8-10-30)17(4)32)28-23(20)26-13-18-5-6-21-19(12-18)11-16(3)34-21/h5-6,12,14-16,33H,7-11,13H2,1-4H3,(H,26,27,28). The van der Waals surface area contributed by atoms with Crippen LogP contribution in [0.5, 0.6) is 11.6 Å². The zero-order chi connectivity index (χ0) is 24.0. The van der Waals surface area contributed by atoms with E-state index in [2.05, 4.69) is 29.3 Å². The Morgan fingerprint density at radius 3 is 2.71 bits per heavy atom. The number of aromatic nitrogens is 3. The van der Waals surface area contributed by atoms with Crippen LogP contribution in [0.1, 0.15) is 44.9 Å². The van der Waals surface area contributed by atoms with Gasteiger partial charge in [0.05, 0.1) is 5.39 Å². The van der Waals surface area contributed by atoms with Gasteiger partial charge in [0.25, 0.3) is 0 Å². The SMILES string of the molecule is CC(=O)N1CCN(c2nc(NCc3ccc4c(c3)CC(C)O4)c3cn(C(C)C)c(O)c3n2)CC1. The highest BCUT2D eigenvalue weighted by molar-refractivity contribution is 5.94. The van der Waals surface area contributed by atoms with Gasteiger partial charge in [0, 0.05) is 58.3 Å². The zero-order valence-electron chi connectivity index (χ0n) is 20.2. The molecule has 0 bridgehead atoms. The van der Waals surface area contributed by atoms with Crippen LogP contribution >= 0.6 is 0 Å². The maximum Gasteiger partial charge on any atom is 0.228 e. The number of amides is 1. The van der Waals surface area contributed by atoms with Crippen molar-refractivity contribution in [3.05, 3.63) is 35.5 Å². The van der Waals surface area contributed by atoms with Crippen molar-refractivity contribution in [2.45, 2.75) is 52.8 Å². The van der Waals surface area contributed by atoms with Gasteiger partial charge >= 0.3 is 0 Å². The third-order valence-electron chi connectivity index (χ3n) is 6.64. The van der Waals surface area contributed by atoms with E-state index in [4.69, 9.17) is 14.7 Å². The predicted molar refractivity (Wildman–Crippen MR) is 132 cm³/mol. The summed E-state index contributed by atoms with van der Waals surface area (Å²) in [7, 11) is 0. The number of rotatable bonds is 5. The molecule has 5 rings (SSSR count). The molecule has 2 aliphatic heterocycles. The molecule has 1 atom stereocenters. The fourth-order valence-corrected chi connectivity index (χ4v) is 4.74. The Balaban J connectivity index is 1.45. The monoisotopic (exact) mass is 464 g/mol. The van der Waals surface area contributed by atoms with E-state index in [0.717, 1.165) is 23.1 Å². The summed E-state index contributed by atoms with van der Waals surface area (Å²) in [5.74, 6) is 2.44. The summed E-state index contributed by atoms with van der Waals surface area (Å²) in [6.07, 6.45) is 3.04. The summed E-state index contributed by atoms with van der Waals surface area (Å²) < 4.78 is 7.64. The van der Waals surface area contributed by atoms with E-state index in [9.17, 15) is 9.90 Å². The number of fused-ring (bicyclic) bond motifs is 2. The van der Waals surface area contributed by atoms with Crippen LogP contribution in [-0.4, -0.2) is 62.7 Å². The molecule has 1 unspecified atom stereocenters. The first-order valence-electron chi connectivity index (χ1n) is 11.9. The first-order valence-corrected chi connectivity index (χ1v) is 11.9. The molecule has 1 aromatic carbocycles. The first-order chi connectivity index (χ1) is 16.3. The van der Waals surface area contributed by atoms with E-state index in [0.29, 0.717) is 50.0 Å². The number of nitrogens with zero attached hydrogens (tertiary/aromatic N) is 5. The minimum atomic E-state index is 0.0826. The molecule has 2 N–H and O–H groups in total. The second-order valence-corrected chi connectivity index (χ2v) is 9.51. The van der Waals surface area contributed by atoms with Crippen molar-refractivity contribution in [3.63, 3.8) is 0 Å². The minimum absolute atomic E-state index is 0.0826. The van der Waals surface area contributed by atoms with Crippen molar-refractivity contribution in [2.75, 3.05) is 36.4 Å². The Morgan fingerprint density at radius 1 is 1.24 bits per heavy atom. The maximum atomic E-state index is 11.7. The smallest absolute Gasteiger partial charge is 0.228 e. The molecular weight excluding hydrogens is 432 g/mol. The Kier molecular flexibility index (Phi) is 5.71. The molecular formula is C25H32N6O3. The number of hydrogen-bond donors (Lipinski definition) is 2. The van der Waals surface area contributed by atoms with Crippen LogP contribution in [0.15, 0.2) is 24.4 Å². The first kappa shape index (κ1) is 22.3. The third-order valence-corrected chi connectivity index (χ3v) is 6.64. The average Bonchev–Trinajstić information content (AvgIpc) is 3.36. The second-order valence-electron chi connectivity index (χ2n) is 9.51. The van der Waals surface area contributed by atoms with Crippen LogP contribution in [-0.2, 0) is 17.8 Å². The number of carbonyl (C=O) groups excluding carboxylic acids is 1. The van der Waals surface area contributed by atoms with Gasteiger partial charge in [-0.2, -0.15) is 4.98 Å². The molecule has 180 valence electrons. The molecule has 0 aliphatic carbocycles. The summed E-state index contributed by atoms with van der Waals surface area (Å²) in [5, 5.41) is 15.2. The highest BCUT2D eigenvalue weighted by atomic mass is 16.5. The highest BCUT2D eigenvalue weighted by Crippen LogP contribution is 2.35. The summed E-state index contributed by atoms with van der Waals surface area (Å²) in [5.41, 5.74) is 2.91. The lowest BCUT2D eigenvalue weighted by Crippen LogP contribution is -2.48. The summed E-state index contributed by atoms with van der Waals surface area (Å²) in [6.45, 7) is 10.9. The van der Waals surface area contributed by atoms with E-state index < -0.39 is 0 Å². The molecule has 34 heavy (non-hydrogen) atoms. The Bertz CT molecular complexity index is 1230. The summed E-state index contributed by atoms with van der Waals surface area (Å²) in [4.78, 5) is 25.2. The molecule has 2 aromatic heterocycles. The molecule has 1 saturated heterocycles. The van der Waals surface area contributed by atoms with Crippen molar-refractivity contribution in [1.82, 2.24) is 19.4 Å². The lowest BCUT2D eigenvalue weighted by Gasteiger charge is -2.34. The average molecular weight is 465 g/mol. The molecule has 1 amide bonds. The molecule has 0 radical (unpaired) electrons. The van der Waals surface area contributed by atoms with Crippen LogP contribution in [0.4, 0.5) is 11.8 Å². The fraction of sp³-hybridized carbons (Fsp3) is 0.480. The summed E-state index contributed by atoms with van der Waals surface area (Å²) >= 11 is 0. The molecule has 2 aliphatic rings. The topological polar surface area (TPSA) is 95.8 Å². The van der Waals surface area contributed by atoms with Gasteiger partial charge in [-0.3, -0.25) is 4.79 Å². The highest BCUT2D eigenvalue weighted by Gasteiger charge is 2.24. The number of ether oxygens (including phenoxy) is 1. The van der Waals surface area contributed by atoms with Crippen molar-refractivity contribution in [2.24, 2.45) is 0 Å². The van der Waals surface area contributed by atoms with Gasteiger partial charge in [0.1, 0.15) is 23.2 Å². The molecule has 9 nitrogen and oxygen atoms in total. The Hall–Kier alpha value is -3.49. The van der Waals surface area contributed by atoms with E-state index in [1.807, 2.05) is 35.6 Å². The van der Waals surface area contributed by atoms with Crippen molar-refractivity contribution < 1.29 is 14.6 Å². The number of nitrogens with one attached hydrogen (secondary N) is 1. The van der Waals surface area contributed by atoms with Gasteiger partial charge < -0.3 is 29.5 Å². The number of anilines is 2. The van der Waals surface area contributed by atoms with E-state index in [1.54, 1.807) is 6.92 Å². The van der Waals surface area contributed by atoms with Gasteiger partial charge in [-0.25, -0.2) is 4.98 Å². The lowest BCUT2D eigenvalue weighted by atomic mass is 10.1. The maximum absolute atomic E-state index is 11.7. The van der Waals surface area contributed by atoms with Crippen LogP contribution in [0.2, 0.25) is 0 Å². The van der Waals surface area contributed by atoms with Gasteiger partial charge in [-0.05, 0) is 38.0 Å². The van der Waals surface area contributed by atoms with Crippen molar-refractivity contribution in [1.29, 1.82) is 0 Å². The minimum Gasteiger partial charge on any atom is -0.493 e. The number of aromatic hydroxyl groups is 1. The second kappa shape index (κ2) is 8.70. The predicted octanol–water partition coefficient (Wildman–Crippen LogP) is 3.32. The molecule has 0 spiro atoms. The van der Waals surface area contributed by atoms with Gasteiger partial charge in [0.15, 0.2) is 0 Å². The van der Waals surface area contributed by atoms with Crippen molar-refractivity contribution in [3.8, 4) is 11.6 Å². The van der Waals surface area contributed by atoms with E-state index in [1.165, 1.54) is 5.56 Å². The van der Waals surface area contributed by atoms with Crippen LogP contribution < -0.4 is 15.0 Å². The number of piperazine rings is 1. The molecule has 3 aromatic rings. The van der Waals surface area contributed by atoms with Gasteiger partial charge in [0.2, 0.25) is 17.7 Å². The third kappa shape index (κ3) is 4.10. The quantitative estimate of drug-likeness (QED) is 0.598. The lowest BCUT2D eigenvalue weighted by molar-refractivity contribution is -0.129. The molecule has 1 fully saturated rings. The fourth-order valence-electron chi connectivity index (χ4n) is 4.74. The molecule has 0 saturated carbocycles. The van der Waals surface area contributed by atoms with Crippen LogP contribution in [0, 0.1) is 0 Å². The van der Waals surface area contributed by atoms with Gasteiger partial charge in [-0.15, -0.1) is 0 Å². The largest absolute Gasteiger partial charge is 0.493 e. The number of carbonyl (C=O) groups is 1. The normalized spacial score (nSPS) is 17.9. The van der Waals surface area contributed by atoms with E-state index in [-0.39, 0.29) is 23.9 Å². The van der Waals surface area contributed by atoms with Crippen LogP contribution in [0.3, 0.4) is 0 Å². The van der Waals surface area contributed by atoms with Crippen LogP contribution in [0.25, 0.3) is 10.9 Å². The van der Waals surface area contributed by atoms with Crippen molar-refractivity contribution >= 4 is 28.6 Å². The summed E-state index contributed by atoms with van der Waals surface area (Å²) in [6, 6.07) is 6.37. The number of hydrogen-bond acceptors (Lipinski definition) is 7. The molecule has 4 heterocycles. The Labute approximate surface area is 199 Å². The zero-order valence-corrected chi connectivity index (χ0v) is 20.2.